The van der Waals surface area contributed by atoms with E-state index >= 15 is 0 Å². The van der Waals surface area contributed by atoms with E-state index in [4.69, 9.17) is 26.8 Å². The molecule has 0 saturated carbocycles. The van der Waals surface area contributed by atoms with E-state index in [2.05, 4.69) is 9.97 Å². The number of halogens is 1. The number of anilines is 1. The summed E-state index contributed by atoms with van der Waals surface area (Å²) in [5, 5.41) is 22.0. The fourth-order valence-corrected chi connectivity index (χ4v) is 5.22. The molecule has 0 aromatic carbocycles. The summed E-state index contributed by atoms with van der Waals surface area (Å²) in [6.45, 7) is 0.508. The van der Waals surface area contributed by atoms with Gasteiger partial charge in [-0.1, -0.05) is 11.6 Å². The van der Waals surface area contributed by atoms with Crippen LogP contribution in [0.15, 0.2) is 24.7 Å². The third kappa shape index (κ3) is 2.65. The molecule has 2 aliphatic heterocycles. The molecule has 0 aliphatic carbocycles. The Bertz CT molecular complexity index is 1010. The second kappa shape index (κ2) is 6.40. The van der Waals surface area contributed by atoms with Crippen LogP contribution in [0, 0.1) is 0 Å². The predicted molar refractivity (Wildman–Crippen MR) is 99.6 cm³/mol. The van der Waals surface area contributed by atoms with Gasteiger partial charge in [-0.15, -0.1) is 11.3 Å². The van der Waals surface area contributed by atoms with Gasteiger partial charge in [0.25, 0.3) is 0 Å². The molecule has 0 bridgehead atoms. The van der Waals surface area contributed by atoms with Crippen molar-refractivity contribution in [2.75, 3.05) is 12.3 Å². The lowest BCUT2D eigenvalue weighted by Gasteiger charge is -2.29. The van der Waals surface area contributed by atoms with Crippen molar-refractivity contribution in [2.24, 2.45) is 0 Å². The van der Waals surface area contributed by atoms with Crippen LogP contribution < -0.4 is 5.73 Å². The number of hydrogen-bond donors (Lipinski definition) is 3. The van der Waals surface area contributed by atoms with Gasteiger partial charge in [-0.05, 0) is 24.1 Å². The quantitative estimate of drug-likeness (QED) is 0.590. The molecule has 0 unspecified atom stereocenters. The first kappa shape index (κ1) is 17.4. The van der Waals surface area contributed by atoms with E-state index in [0.717, 1.165) is 16.9 Å². The highest BCUT2D eigenvalue weighted by molar-refractivity contribution is 7.16. The summed E-state index contributed by atoms with van der Waals surface area (Å²) in [4.78, 5) is 9.14. The lowest BCUT2D eigenvalue weighted by molar-refractivity contribution is -0.112. The lowest BCUT2D eigenvalue weighted by atomic mass is 9.99. The SMILES string of the molecule is Nc1ncnc2c1ccn2[C@@H]1O[C@H]([C@H]2OCCc3cc(Cl)sc32)[C@@H](O)[C@H]1O. The number of nitrogens with zero attached hydrogens (tertiary/aromatic N) is 3. The maximum absolute atomic E-state index is 10.7. The summed E-state index contributed by atoms with van der Waals surface area (Å²) >= 11 is 7.57. The van der Waals surface area contributed by atoms with E-state index in [0.29, 0.717) is 27.8 Å². The zero-order valence-corrected chi connectivity index (χ0v) is 15.6. The molecule has 0 spiro atoms. The lowest BCUT2D eigenvalue weighted by Crippen LogP contribution is -2.37. The monoisotopic (exact) mass is 408 g/mol. The molecule has 27 heavy (non-hydrogen) atoms. The second-order valence-electron chi connectivity index (χ2n) is 6.67. The standard InChI is InChI=1S/C17H17ClN4O4S/c18-9-5-7-2-4-25-13(14(7)27-9)12-10(23)11(24)17(26-12)22-3-1-8-15(19)20-6-21-16(8)22/h1,3,5-6,10-13,17,23-24H,2,4H2,(H2,19,20,21)/t10-,11+,12-,13+,17+/m0/s1. The molecule has 2 aliphatic rings. The number of thiophene rings is 1. The number of aliphatic hydroxyl groups is 2. The minimum absolute atomic E-state index is 0.344. The van der Waals surface area contributed by atoms with Gasteiger partial charge in [-0.3, -0.25) is 0 Å². The summed E-state index contributed by atoms with van der Waals surface area (Å²) in [7, 11) is 0. The van der Waals surface area contributed by atoms with Gasteiger partial charge in [-0.2, -0.15) is 0 Å². The maximum atomic E-state index is 10.7. The molecule has 4 N–H and O–H groups in total. The van der Waals surface area contributed by atoms with Gasteiger partial charge in [0, 0.05) is 11.1 Å². The van der Waals surface area contributed by atoms with Crippen molar-refractivity contribution in [1.29, 1.82) is 0 Å². The van der Waals surface area contributed by atoms with E-state index in [-0.39, 0.29) is 0 Å². The molecule has 3 aromatic heterocycles. The van der Waals surface area contributed by atoms with Crippen LogP contribution in [0.5, 0.6) is 0 Å². The topological polar surface area (TPSA) is 116 Å². The van der Waals surface area contributed by atoms with Gasteiger partial charge in [0.2, 0.25) is 0 Å². The van der Waals surface area contributed by atoms with Crippen LogP contribution in [0.2, 0.25) is 4.34 Å². The molecule has 10 heteroatoms. The zero-order valence-electron chi connectivity index (χ0n) is 14.0. The molecule has 1 saturated heterocycles. The van der Waals surface area contributed by atoms with Crippen LogP contribution in [0.25, 0.3) is 11.0 Å². The Balaban J connectivity index is 1.50. The predicted octanol–water partition coefficient (Wildman–Crippen LogP) is 1.66. The van der Waals surface area contributed by atoms with Crippen LogP contribution >= 0.6 is 22.9 Å². The molecular formula is C17H17ClN4O4S. The second-order valence-corrected chi connectivity index (χ2v) is 8.39. The summed E-state index contributed by atoms with van der Waals surface area (Å²) in [5.74, 6) is 0.344. The van der Waals surface area contributed by atoms with Gasteiger partial charge in [0.1, 0.15) is 42.2 Å². The molecule has 0 amide bonds. The fourth-order valence-electron chi connectivity index (χ4n) is 3.82. The van der Waals surface area contributed by atoms with Crippen LogP contribution in [0.4, 0.5) is 5.82 Å². The fraction of sp³-hybridized carbons (Fsp3) is 0.412. The minimum atomic E-state index is -1.15. The van der Waals surface area contributed by atoms with Crippen molar-refractivity contribution in [2.45, 2.75) is 37.1 Å². The number of fused-ring (bicyclic) bond motifs is 2. The average molecular weight is 409 g/mol. The van der Waals surface area contributed by atoms with Crippen LogP contribution in [0.1, 0.15) is 22.8 Å². The van der Waals surface area contributed by atoms with Gasteiger partial charge in [0.05, 0.1) is 16.3 Å². The van der Waals surface area contributed by atoms with Crippen molar-refractivity contribution >= 4 is 39.8 Å². The largest absolute Gasteiger partial charge is 0.387 e. The van der Waals surface area contributed by atoms with E-state index in [9.17, 15) is 10.2 Å². The van der Waals surface area contributed by atoms with Gasteiger partial charge in [0.15, 0.2) is 6.23 Å². The van der Waals surface area contributed by atoms with Gasteiger partial charge >= 0.3 is 0 Å². The highest BCUT2D eigenvalue weighted by Gasteiger charge is 2.49. The Kier molecular flexibility index (Phi) is 4.12. The van der Waals surface area contributed by atoms with Crippen molar-refractivity contribution in [3.05, 3.63) is 39.4 Å². The average Bonchev–Trinajstić information content (AvgIpc) is 3.32. The first-order chi connectivity index (χ1) is 13.0. The maximum Gasteiger partial charge on any atom is 0.164 e. The number of ether oxygens (including phenoxy) is 2. The van der Waals surface area contributed by atoms with E-state index in [1.165, 1.54) is 17.7 Å². The Labute approximate surface area is 163 Å². The Hall–Kier alpha value is -1.75. The van der Waals surface area contributed by atoms with Crippen molar-refractivity contribution < 1.29 is 19.7 Å². The number of nitrogens with two attached hydrogens (primary N) is 1. The molecule has 1 fully saturated rings. The van der Waals surface area contributed by atoms with E-state index in [1.807, 2.05) is 6.07 Å². The summed E-state index contributed by atoms with van der Waals surface area (Å²) < 4.78 is 14.3. The minimum Gasteiger partial charge on any atom is -0.387 e. The highest BCUT2D eigenvalue weighted by Crippen LogP contribution is 2.44. The van der Waals surface area contributed by atoms with Crippen molar-refractivity contribution in [3.63, 3.8) is 0 Å². The first-order valence-electron chi connectivity index (χ1n) is 8.53. The molecule has 3 aromatic rings. The van der Waals surface area contributed by atoms with Gasteiger partial charge in [-0.25, -0.2) is 9.97 Å². The smallest absolute Gasteiger partial charge is 0.164 e. The van der Waals surface area contributed by atoms with Crippen LogP contribution in [-0.2, 0) is 15.9 Å². The van der Waals surface area contributed by atoms with Crippen LogP contribution in [0.3, 0.4) is 0 Å². The molecule has 5 atom stereocenters. The molecule has 0 radical (unpaired) electrons. The highest BCUT2D eigenvalue weighted by atomic mass is 35.5. The van der Waals surface area contributed by atoms with Crippen LogP contribution in [-0.4, -0.2) is 49.7 Å². The normalized spacial score (nSPS) is 30.7. The summed E-state index contributed by atoms with van der Waals surface area (Å²) in [5.41, 5.74) is 7.51. The Morgan fingerprint density at radius 3 is 3.00 bits per heavy atom. The van der Waals surface area contributed by atoms with E-state index in [1.54, 1.807) is 16.8 Å². The third-order valence-corrected chi connectivity index (χ3v) is 6.49. The molecule has 5 rings (SSSR count). The Morgan fingerprint density at radius 1 is 1.30 bits per heavy atom. The summed E-state index contributed by atoms with van der Waals surface area (Å²) in [6, 6.07) is 3.68. The first-order valence-corrected chi connectivity index (χ1v) is 9.72. The van der Waals surface area contributed by atoms with Crippen molar-refractivity contribution in [3.8, 4) is 0 Å². The number of aliphatic hydroxyl groups excluding tert-OH is 2. The number of nitrogen functional groups attached to an aromatic ring is 1. The molecular weight excluding hydrogens is 392 g/mol. The Morgan fingerprint density at radius 2 is 2.15 bits per heavy atom. The number of hydrogen-bond acceptors (Lipinski definition) is 8. The van der Waals surface area contributed by atoms with Gasteiger partial charge < -0.3 is 30.0 Å². The zero-order chi connectivity index (χ0) is 18.7. The molecule has 5 heterocycles. The molecule has 142 valence electrons. The number of aromatic nitrogens is 3. The van der Waals surface area contributed by atoms with E-state index < -0.39 is 30.6 Å². The number of rotatable bonds is 2. The summed E-state index contributed by atoms with van der Waals surface area (Å²) in [6.07, 6.45) is -0.460. The molecule has 8 nitrogen and oxygen atoms in total. The van der Waals surface area contributed by atoms with Crippen molar-refractivity contribution in [1.82, 2.24) is 14.5 Å². The third-order valence-electron chi connectivity index (χ3n) is 5.13.